The Morgan fingerprint density at radius 2 is 2.14 bits per heavy atom. The maximum Gasteiger partial charge on any atom is 0.290 e. The zero-order chi connectivity index (χ0) is 19.8. The molecule has 2 saturated heterocycles. The Hall–Kier alpha value is -2.97. The van der Waals surface area contributed by atoms with Crippen LogP contribution in [0.5, 0.6) is 0 Å². The lowest BCUT2D eigenvalue weighted by Crippen LogP contribution is -2.53. The molecule has 8 heteroatoms. The van der Waals surface area contributed by atoms with Gasteiger partial charge in [-0.25, -0.2) is 0 Å². The van der Waals surface area contributed by atoms with E-state index in [9.17, 15) is 4.79 Å². The summed E-state index contributed by atoms with van der Waals surface area (Å²) in [5, 5.41) is 18.6. The number of carboxylic acid groups (broad SMARTS) is 1. The Morgan fingerprint density at radius 1 is 1.36 bits per heavy atom. The molecule has 146 valence electrons. The number of likely N-dealkylation sites (N-methyl/N-ethyl adjacent to an activating group) is 1. The first-order valence-corrected chi connectivity index (χ1v) is 9.15. The number of H-pyrrole nitrogens is 1. The first-order chi connectivity index (χ1) is 13.5. The van der Waals surface area contributed by atoms with Crippen molar-refractivity contribution in [1.82, 2.24) is 20.4 Å². The fraction of sp³-hybridized carbons (Fsp3) is 0.350. The molecule has 3 N–H and O–H groups in total. The number of furan rings is 1. The molecule has 0 radical (unpaired) electrons. The highest BCUT2D eigenvalue weighted by molar-refractivity contribution is 6.09. The van der Waals surface area contributed by atoms with Crippen molar-refractivity contribution in [2.24, 2.45) is 0 Å². The lowest BCUT2D eigenvalue weighted by Gasteiger charge is -2.30. The Labute approximate surface area is 161 Å². The van der Waals surface area contributed by atoms with Crippen LogP contribution < -0.4 is 5.32 Å². The zero-order valence-corrected chi connectivity index (χ0v) is 15.7. The smallest absolute Gasteiger partial charge is 0.290 e. The molecule has 1 unspecified atom stereocenters. The molecule has 3 atom stereocenters. The number of piperazine rings is 1. The molecule has 8 nitrogen and oxygen atoms in total. The van der Waals surface area contributed by atoms with E-state index in [2.05, 4.69) is 20.4 Å². The predicted molar refractivity (Wildman–Crippen MR) is 103 cm³/mol. The van der Waals surface area contributed by atoms with Crippen LogP contribution >= 0.6 is 0 Å². The maximum atomic E-state index is 13.1. The van der Waals surface area contributed by atoms with Crippen LogP contribution in [0.3, 0.4) is 0 Å². The number of likely N-dealkylation sites (tertiary alicyclic amines) is 1. The number of hydrogen-bond donors (Lipinski definition) is 3. The minimum atomic E-state index is -0.250. The summed E-state index contributed by atoms with van der Waals surface area (Å²) in [4.78, 5) is 23.7. The highest BCUT2D eigenvalue weighted by Gasteiger charge is 2.48. The van der Waals surface area contributed by atoms with Crippen molar-refractivity contribution < 1.29 is 19.1 Å². The molecular formula is C20H22N4O4. The number of rotatable bonds is 3. The van der Waals surface area contributed by atoms with Crippen LogP contribution in [-0.4, -0.2) is 64.2 Å². The topological polar surface area (TPSA) is 111 Å². The fourth-order valence-corrected chi connectivity index (χ4v) is 4.27. The van der Waals surface area contributed by atoms with E-state index < -0.39 is 0 Å². The van der Waals surface area contributed by atoms with Gasteiger partial charge in [-0.3, -0.25) is 19.6 Å². The number of ketones is 1. The summed E-state index contributed by atoms with van der Waals surface area (Å²) in [6.45, 7) is 2.65. The summed E-state index contributed by atoms with van der Waals surface area (Å²) in [6.07, 6.45) is 1.04. The summed E-state index contributed by atoms with van der Waals surface area (Å²) < 4.78 is 5.69. The SMILES string of the molecule is Cc1ccc(-c2ccc3c(C(=O)C4[C@H]5C[C@@H](CN5)N4C)n[nH]c3c2)o1.O=CO. The van der Waals surface area contributed by atoms with E-state index in [-0.39, 0.29) is 24.3 Å². The van der Waals surface area contributed by atoms with Crippen LogP contribution in [0, 0.1) is 6.92 Å². The van der Waals surface area contributed by atoms with Crippen molar-refractivity contribution in [3.05, 3.63) is 41.8 Å². The van der Waals surface area contributed by atoms with Crippen molar-refractivity contribution >= 4 is 23.2 Å². The second-order valence-electron chi connectivity index (χ2n) is 7.23. The molecule has 2 bridgehead atoms. The average Bonchev–Trinajstić information content (AvgIpc) is 3.44. The maximum absolute atomic E-state index is 13.1. The van der Waals surface area contributed by atoms with Crippen molar-refractivity contribution in [3.63, 3.8) is 0 Å². The number of fused-ring (bicyclic) bond motifs is 3. The third-order valence-electron chi connectivity index (χ3n) is 5.63. The third kappa shape index (κ3) is 3.00. The highest BCUT2D eigenvalue weighted by Crippen LogP contribution is 2.32. The number of aromatic nitrogens is 2. The summed E-state index contributed by atoms with van der Waals surface area (Å²) in [5.74, 6) is 1.79. The molecule has 2 aromatic heterocycles. The summed E-state index contributed by atoms with van der Waals surface area (Å²) in [5.41, 5.74) is 2.36. The number of nitrogens with one attached hydrogen (secondary N) is 2. The van der Waals surface area contributed by atoms with Crippen molar-refractivity contribution in [2.75, 3.05) is 13.6 Å². The molecule has 0 spiro atoms. The molecular weight excluding hydrogens is 360 g/mol. The molecule has 0 saturated carbocycles. The number of carbonyl (C=O) groups excluding carboxylic acids is 1. The molecule has 2 aliphatic heterocycles. The molecule has 2 aliphatic rings. The highest BCUT2D eigenvalue weighted by atomic mass is 16.3. The van der Waals surface area contributed by atoms with Crippen LogP contribution in [-0.2, 0) is 4.79 Å². The standard InChI is InChI=1S/C19H20N4O2.CH2O2/c1-10-3-6-16(25-10)11-4-5-13-14(7-11)21-22-17(13)19(24)18-15-8-12(9-20-15)23(18)2;2-1-3/h3-7,12,15,18,20H,8-9H2,1-2H3,(H,21,22);1H,(H,2,3)/t12-,15+,18?;/m0./s1. The van der Waals surface area contributed by atoms with Gasteiger partial charge in [0.25, 0.3) is 6.47 Å². The van der Waals surface area contributed by atoms with E-state index in [4.69, 9.17) is 14.3 Å². The Bertz CT molecular complexity index is 1020. The molecule has 3 aromatic rings. The zero-order valence-electron chi connectivity index (χ0n) is 15.7. The van der Waals surface area contributed by atoms with Gasteiger partial charge in [0.05, 0.1) is 11.6 Å². The summed E-state index contributed by atoms with van der Waals surface area (Å²) in [7, 11) is 2.04. The van der Waals surface area contributed by atoms with Gasteiger partial charge in [-0.1, -0.05) is 6.07 Å². The monoisotopic (exact) mass is 382 g/mol. The van der Waals surface area contributed by atoms with E-state index in [0.29, 0.717) is 11.7 Å². The van der Waals surface area contributed by atoms with Crippen molar-refractivity contribution in [2.45, 2.75) is 31.5 Å². The van der Waals surface area contributed by atoms with Gasteiger partial charge < -0.3 is 14.8 Å². The van der Waals surface area contributed by atoms with Crippen LogP contribution in [0.15, 0.2) is 34.7 Å². The van der Waals surface area contributed by atoms with E-state index in [1.54, 1.807) is 0 Å². The molecule has 28 heavy (non-hydrogen) atoms. The van der Waals surface area contributed by atoms with Crippen LogP contribution in [0.2, 0.25) is 0 Å². The third-order valence-corrected chi connectivity index (χ3v) is 5.63. The molecule has 1 aromatic carbocycles. The van der Waals surface area contributed by atoms with Gasteiger partial charge in [-0.15, -0.1) is 0 Å². The number of carbonyl (C=O) groups is 2. The number of Topliss-reactive ketones (excluding diaryl/α,β-unsaturated/α-hetero) is 1. The Balaban J connectivity index is 0.000000604. The molecule has 0 aliphatic carbocycles. The second-order valence-corrected chi connectivity index (χ2v) is 7.23. The van der Waals surface area contributed by atoms with E-state index in [1.807, 2.05) is 44.3 Å². The van der Waals surface area contributed by atoms with Gasteiger partial charge in [0.2, 0.25) is 5.78 Å². The molecule has 2 fully saturated rings. The first-order valence-electron chi connectivity index (χ1n) is 9.15. The number of benzene rings is 1. The first kappa shape index (κ1) is 18.4. The van der Waals surface area contributed by atoms with Gasteiger partial charge in [-0.05, 0) is 44.7 Å². The van der Waals surface area contributed by atoms with Gasteiger partial charge in [0.15, 0.2) is 0 Å². The number of nitrogens with zero attached hydrogens (tertiary/aromatic N) is 2. The minimum absolute atomic E-state index is 0.0926. The second kappa shape index (κ2) is 7.21. The van der Waals surface area contributed by atoms with Crippen LogP contribution in [0.4, 0.5) is 0 Å². The largest absolute Gasteiger partial charge is 0.483 e. The molecule has 5 rings (SSSR count). The minimum Gasteiger partial charge on any atom is -0.483 e. The molecule has 4 heterocycles. The average molecular weight is 382 g/mol. The van der Waals surface area contributed by atoms with Gasteiger partial charge >= 0.3 is 0 Å². The Morgan fingerprint density at radius 3 is 2.79 bits per heavy atom. The van der Waals surface area contributed by atoms with Crippen molar-refractivity contribution in [1.29, 1.82) is 0 Å². The van der Waals surface area contributed by atoms with Crippen molar-refractivity contribution in [3.8, 4) is 11.3 Å². The van der Waals surface area contributed by atoms with Crippen LogP contribution in [0.25, 0.3) is 22.2 Å². The van der Waals surface area contributed by atoms with Gasteiger partial charge in [-0.2, -0.15) is 5.10 Å². The lowest BCUT2D eigenvalue weighted by atomic mass is 10.00. The van der Waals surface area contributed by atoms with E-state index in [1.165, 1.54) is 0 Å². The van der Waals surface area contributed by atoms with Gasteiger partial charge in [0.1, 0.15) is 17.2 Å². The number of hydrogen-bond acceptors (Lipinski definition) is 6. The van der Waals surface area contributed by atoms with Crippen LogP contribution in [0.1, 0.15) is 22.7 Å². The predicted octanol–water partition coefficient (Wildman–Crippen LogP) is 2.06. The summed E-state index contributed by atoms with van der Waals surface area (Å²) >= 11 is 0. The van der Waals surface area contributed by atoms with Gasteiger partial charge in [0, 0.05) is 29.6 Å². The Kier molecular flexibility index (Phi) is 4.74. The number of aryl methyl sites for hydroxylation is 1. The van der Waals surface area contributed by atoms with E-state index in [0.717, 1.165) is 41.0 Å². The normalized spacial score (nSPS) is 23.6. The lowest BCUT2D eigenvalue weighted by molar-refractivity contribution is -0.122. The van der Waals surface area contributed by atoms with E-state index >= 15 is 0 Å². The quantitative estimate of drug-likeness (QED) is 0.470. The summed E-state index contributed by atoms with van der Waals surface area (Å²) in [6, 6.07) is 10.4. The number of aromatic amines is 1. The fourth-order valence-electron chi connectivity index (χ4n) is 4.27. The molecule has 0 amide bonds.